The normalized spacial score (nSPS) is 28.0. The van der Waals surface area contributed by atoms with Gasteiger partial charge >= 0.3 is 0 Å². The van der Waals surface area contributed by atoms with Gasteiger partial charge in [0.15, 0.2) is 0 Å². The molecule has 3 saturated heterocycles. The van der Waals surface area contributed by atoms with Gasteiger partial charge < -0.3 is 5.32 Å². The summed E-state index contributed by atoms with van der Waals surface area (Å²) in [5, 5.41) is 3.21. The molecule has 21 heavy (non-hydrogen) atoms. The van der Waals surface area contributed by atoms with Gasteiger partial charge in [0.05, 0.1) is 6.04 Å². The van der Waals surface area contributed by atoms with Crippen molar-refractivity contribution in [3.8, 4) is 0 Å². The summed E-state index contributed by atoms with van der Waals surface area (Å²) in [5.41, 5.74) is 3.68. The maximum absolute atomic E-state index is 4.86. The van der Waals surface area contributed by atoms with Crippen LogP contribution in [0.1, 0.15) is 35.2 Å². The average molecular weight is 289 g/mol. The molecule has 0 amide bonds. The fourth-order valence-electron chi connectivity index (χ4n) is 3.58. The smallest absolute Gasteiger partial charge is 0.147 e. The van der Waals surface area contributed by atoms with Crippen LogP contribution in [0.4, 0.5) is 0 Å². The van der Waals surface area contributed by atoms with Crippen molar-refractivity contribution < 1.29 is 0 Å². The van der Waals surface area contributed by atoms with Crippen molar-refractivity contribution in [2.24, 2.45) is 0 Å². The van der Waals surface area contributed by atoms with Gasteiger partial charge in [0.25, 0.3) is 0 Å². The van der Waals surface area contributed by atoms with E-state index >= 15 is 0 Å². The molecule has 3 fully saturated rings. The first-order chi connectivity index (χ1) is 10.2. The highest BCUT2D eigenvalue weighted by atomic mass is 15.4. The van der Waals surface area contributed by atoms with E-state index in [1.54, 1.807) is 0 Å². The monoisotopic (exact) mass is 289 g/mol. The maximum Gasteiger partial charge on any atom is 0.147 e. The van der Waals surface area contributed by atoms with E-state index in [1.165, 1.54) is 30.0 Å². The number of piperazine rings is 3. The van der Waals surface area contributed by atoms with Crippen molar-refractivity contribution in [2.75, 3.05) is 46.3 Å². The van der Waals surface area contributed by atoms with Gasteiger partial charge in [-0.1, -0.05) is 0 Å². The average Bonchev–Trinajstić information content (AvgIpc) is 2.51. The van der Waals surface area contributed by atoms with E-state index in [9.17, 15) is 0 Å². The third kappa shape index (κ3) is 3.10. The van der Waals surface area contributed by atoms with Crippen molar-refractivity contribution >= 4 is 0 Å². The van der Waals surface area contributed by atoms with Crippen LogP contribution in [0, 0.1) is 13.8 Å². The highest BCUT2D eigenvalue weighted by molar-refractivity contribution is 5.25. The Morgan fingerprint density at radius 3 is 2.29 bits per heavy atom. The number of aryl methyl sites for hydroxylation is 2. The van der Waals surface area contributed by atoms with Gasteiger partial charge in [-0.05, 0) is 45.8 Å². The van der Waals surface area contributed by atoms with Gasteiger partial charge in [-0.15, -0.1) is 0 Å². The Labute approximate surface area is 127 Å². The topological polar surface area (TPSA) is 44.3 Å². The molecule has 1 N–H and O–H groups in total. The zero-order chi connectivity index (χ0) is 14.8. The zero-order valence-corrected chi connectivity index (χ0v) is 13.5. The number of rotatable bonds is 5. The van der Waals surface area contributed by atoms with Crippen LogP contribution in [0.3, 0.4) is 0 Å². The number of nitrogens with zero attached hydrogens (tertiary/aromatic N) is 4. The third-order valence-corrected chi connectivity index (χ3v) is 4.87. The SMILES string of the molecule is CNCCCc1c(C)nc(C2CN3CCN2CC3)nc1C. The van der Waals surface area contributed by atoms with Crippen molar-refractivity contribution in [1.82, 2.24) is 25.1 Å². The molecule has 0 aromatic carbocycles. The molecule has 1 unspecified atom stereocenters. The standard InChI is InChI=1S/C16H27N5/c1-12-14(5-4-6-17-3)13(2)19-16(18-12)15-11-20-7-9-21(15)10-8-20/h15,17H,4-11H2,1-3H3. The quantitative estimate of drug-likeness (QED) is 0.817. The molecule has 4 rings (SSSR count). The molecule has 0 aliphatic carbocycles. The van der Waals surface area contributed by atoms with E-state index in [1.807, 2.05) is 7.05 Å². The van der Waals surface area contributed by atoms with E-state index in [4.69, 9.17) is 9.97 Å². The summed E-state index contributed by atoms with van der Waals surface area (Å²) < 4.78 is 0. The minimum Gasteiger partial charge on any atom is -0.320 e. The second kappa shape index (κ2) is 6.38. The van der Waals surface area contributed by atoms with Gasteiger partial charge in [0, 0.05) is 44.1 Å². The van der Waals surface area contributed by atoms with E-state index in [0.29, 0.717) is 6.04 Å². The maximum atomic E-state index is 4.86. The van der Waals surface area contributed by atoms with Crippen molar-refractivity contribution in [3.05, 3.63) is 22.8 Å². The Morgan fingerprint density at radius 2 is 1.76 bits per heavy atom. The highest BCUT2D eigenvalue weighted by Crippen LogP contribution is 2.27. The van der Waals surface area contributed by atoms with Crippen LogP contribution in [0.15, 0.2) is 0 Å². The number of hydrogen-bond acceptors (Lipinski definition) is 5. The molecule has 0 spiro atoms. The molecule has 0 radical (unpaired) electrons. The molecule has 1 aromatic rings. The summed E-state index contributed by atoms with van der Waals surface area (Å²) in [6, 6.07) is 0.399. The van der Waals surface area contributed by atoms with Crippen molar-refractivity contribution in [1.29, 1.82) is 0 Å². The van der Waals surface area contributed by atoms with Gasteiger partial charge in [0.2, 0.25) is 0 Å². The molecule has 1 aromatic heterocycles. The van der Waals surface area contributed by atoms with Gasteiger partial charge in [-0.2, -0.15) is 0 Å². The van der Waals surface area contributed by atoms with Crippen LogP contribution >= 0.6 is 0 Å². The summed E-state index contributed by atoms with van der Waals surface area (Å²) in [7, 11) is 2.00. The molecule has 5 nitrogen and oxygen atoms in total. The first kappa shape index (κ1) is 14.9. The summed E-state index contributed by atoms with van der Waals surface area (Å²) in [4.78, 5) is 14.8. The van der Waals surface area contributed by atoms with Gasteiger partial charge in [-0.25, -0.2) is 9.97 Å². The van der Waals surface area contributed by atoms with Crippen LogP contribution in [0.2, 0.25) is 0 Å². The lowest BCUT2D eigenvalue weighted by Crippen LogP contribution is -2.57. The highest BCUT2D eigenvalue weighted by Gasteiger charge is 2.34. The minimum absolute atomic E-state index is 0.399. The number of fused-ring (bicyclic) bond motifs is 3. The Kier molecular flexibility index (Phi) is 4.52. The number of nitrogens with one attached hydrogen (secondary N) is 1. The number of hydrogen-bond donors (Lipinski definition) is 1. The molecular formula is C16H27N5. The summed E-state index contributed by atoms with van der Waals surface area (Å²) >= 11 is 0. The summed E-state index contributed by atoms with van der Waals surface area (Å²) in [6.45, 7) is 11.2. The lowest BCUT2D eigenvalue weighted by atomic mass is 10.0. The molecule has 3 aliphatic rings. The predicted molar refractivity (Wildman–Crippen MR) is 84.5 cm³/mol. The molecule has 5 heteroatoms. The fraction of sp³-hybridized carbons (Fsp3) is 0.750. The van der Waals surface area contributed by atoms with Crippen LogP contribution in [-0.4, -0.2) is 66.1 Å². The number of aromatic nitrogens is 2. The van der Waals surface area contributed by atoms with Crippen LogP contribution in [-0.2, 0) is 6.42 Å². The van der Waals surface area contributed by atoms with E-state index < -0.39 is 0 Å². The molecular weight excluding hydrogens is 262 g/mol. The molecule has 2 bridgehead atoms. The van der Waals surface area contributed by atoms with Crippen molar-refractivity contribution in [3.63, 3.8) is 0 Å². The summed E-state index contributed by atoms with van der Waals surface area (Å²) in [6.07, 6.45) is 2.21. The molecule has 3 aliphatic heterocycles. The first-order valence-electron chi connectivity index (χ1n) is 8.14. The van der Waals surface area contributed by atoms with Crippen LogP contribution < -0.4 is 5.32 Å². The molecule has 4 heterocycles. The lowest BCUT2D eigenvalue weighted by Gasteiger charge is -2.46. The Bertz CT molecular complexity index is 470. The second-order valence-electron chi connectivity index (χ2n) is 6.29. The zero-order valence-electron chi connectivity index (χ0n) is 13.5. The van der Waals surface area contributed by atoms with E-state index in [-0.39, 0.29) is 0 Å². The molecule has 0 saturated carbocycles. The largest absolute Gasteiger partial charge is 0.320 e. The van der Waals surface area contributed by atoms with E-state index in [2.05, 4.69) is 29.0 Å². The summed E-state index contributed by atoms with van der Waals surface area (Å²) in [5.74, 6) is 1.03. The minimum atomic E-state index is 0.399. The Balaban J connectivity index is 1.78. The van der Waals surface area contributed by atoms with Gasteiger partial charge in [-0.3, -0.25) is 9.80 Å². The van der Waals surface area contributed by atoms with Crippen molar-refractivity contribution in [2.45, 2.75) is 32.7 Å². The second-order valence-corrected chi connectivity index (χ2v) is 6.29. The van der Waals surface area contributed by atoms with Crippen LogP contribution in [0.5, 0.6) is 0 Å². The Morgan fingerprint density at radius 1 is 1.10 bits per heavy atom. The van der Waals surface area contributed by atoms with E-state index in [0.717, 1.165) is 44.8 Å². The molecule has 116 valence electrons. The first-order valence-corrected chi connectivity index (χ1v) is 8.14. The van der Waals surface area contributed by atoms with Gasteiger partial charge in [0.1, 0.15) is 5.82 Å². The third-order valence-electron chi connectivity index (χ3n) is 4.87. The molecule has 1 atom stereocenters. The van der Waals surface area contributed by atoms with Crippen LogP contribution in [0.25, 0.3) is 0 Å². The predicted octanol–water partition coefficient (Wildman–Crippen LogP) is 0.918. The Hall–Kier alpha value is -1.04. The fourth-order valence-corrected chi connectivity index (χ4v) is 3.58. The lowest BCUT2D eigenvalue weighted by molar-refractivity contribution is 0.00850.